The molecule has 0 aliphatic rings. The lowest BCUT2D eigenvalue weighted by molar-refractivity contribution is 0.133. The zero-order valence-corrected chi connectivity index (χ0v) is 11.6. The van der Waals surface area contributed by atoms with E-state index in [-0.39, 0.29) is 5.88 Å². The van der Waals surface area contributed by atoms with Crippen LogP contribution in [-0.2, 0) is 4.74 Å². The average Bonchev–Trinajstić information content (AvgIpc) is 2.43. The number of hydrogen-bond donors (Lipinski definition) is 2. The number of hydrogen-bond acceptors (Lipinski definition) is 4. The maximum Gasteiger partial charge on any atom is 0.407 e. The Bertz CT molecular complexity index is 364. The van der Waals surface area contributed by atoms with Crippen molar-refractivity contribution in [2.45, 2.75) is 17.0 Å². The topological polar surface area (TPSA) is 58.6 Å². The van der Waals surface area contributed by atoms with Gasteiger partial charge in [-0.1, -0.05) is 18.2 Å². The number of rotatable bonds is 6. The molecule has 1 aromatic carbocycles. The lowest BCUT2D eigenvalue weighted by Crippen LogP contribution is -2.45. The fourth-order valence-corrected chi connectivity index (χ4v) is 2.51. The second-order valence-electron chi connectivity index (χ2n) is 3.59. The number of thioether (sulfide) groups is 1. The van der Waals surface area contributed by atoms with Crippen molar-refractivity contribution in [3.63, 3.8) is 0 Å². The first-order valence-electron chi connectivity index (χ1n) is 5.43. The number of alkyl carbamates (subject to hydrolysis) is 1. The summed E-state index contributed by atoms with van der Waals surface area (Å²) in [5.74, 6) is 0.580. The summed E-state index contributed by atoms with van der Waals surface area (Å²) in [5.41, 5.74) is 0. The zero-order chi connectivity index (χ0) is 13.4. The number of carbonyl (C=O) groups excluding carboxylic acids is 1. The zero-order valence-electron chi connectivity index (χ0n) is 10.0. The number of carbonyl (C=O) groups is 1. The van der Waals surface area contributed by atoms with Gasteiger partial charge in [-0.15, -0.1) is 23.4 Å². The van der Waals surface area contributed by atoms with Crippen molar-refractivity contribution in [3.05, 3.63) is 30.3 Å². The Kier molecular flexibility index (Phi) is 6.93. The first kappa shape index (κ1) is 15.1. The second kappa shape index (κ2) is 8.24. The molecule has 6 heteroatoms. The number of alkyl halides is 1. The van der Waals surface area contributed by atoms with Gasteiger partial charge in [0, 0.05) is 10.6 Å². The van der Waals surface area contributed by atoms with Crippen LogP contribution < -0.4 is 5.32 Å². The molecule has 0 aliphatic heterocycles. The molecule has 0 heterocycles. The standard InChI is InChI=1S/C12H16ClNO3S/c1-17-12(16)14-10(11(15)7-13)8-18-9-5-3-2-4-6-9/h2-6,10-11,15H,7-8H2,1H3,(H,14,16)/t10-,11?/m0/s1. The molecule has 4 nitrogen and oxygen atoms in total. The maximum absolute atomic E-state index is 11.2. The van der Waals surface area contributed by atoms with Gasteiger partial charge in [0.25, 0.3) is 0 Å². The number of aliphatic hydroxyl groups excluding tert-OH is 1. The van der Waals surface area contributed by atoms with Gasteiger partial charge in [-0.25, -0.2) is 4.79 Å². The Morgan fingerprint density at radius 3 is 2.72 bits per heavy atom. The van der Waals surface area contributed by atoms with Gasteiger partial charge >= 0.3 is 6.09 Å². The molecule has 0 saturated carbocycles. The quantitative estimate of drug-likeness (QED) is 0.622. The van der Waals surface area contributed by atoms with Crippen LogP contribution in [-0.4, -0.2) is 42.1 Å². The third-order valence-corrected chi connectivity index (χ3v) is 3.73. The van der Waals surface area contributed by atoms with Crippen LogP contribution in [0.2, 0.25) is 0 Å². The highest BCUT2D eigenvalue weighted by molar-refractivity contribution is 7.99. The molecular formula is C12H16ClNO3S. The number of nitrogens with one attached hydrogen (secondary N) is 1. The van der Waals surface area contributed by atoms with Crippen LogP contribution in [0.4, 0.5) is 4.79 Å². The van der Waals surface area contributed by atoms with Crippen molar-refractivity contribution in [3.8, 4) is 0 Å². The molecule has 1 rings (SSSR count). The van der Waals surface area contributed by atoms with E-state index in [4.69, 9.17) is 11.6 Å². The van der Waals surface area contributed by atoms with Gasteiger partial charge in [0.15, 0.2) is 0 Å². The van der Waals surface area contributed by atoms with Gasteiger partial charge in [-0.3, -0.25) is 0 Å². The Morgan fingerprint density at radius 1 is 1.50 bits per heavy atom. The largest absolute Gasteiger partial charge is 0.453 e. The fourth-order valence-electron chi connectivity index (χ4n) is 1.27. The van der Waals surface area contributed by atoms with Gasteiger partial charge in [-0.2, -0.15) is 0 Å². The summed E-state index contributed by atoms with van der Waals surface area (Å²) in [7, 11) is 1.28. The minimum absolute atomic E-state index is 0.0595. The van der Waals surface area contributed by atoms with E-state index in [1.807, 2.05) is 30.3 Å². The number of halogens is 1. The fraction of sp³-hybridized carbons (Fsp3) is 0.417. The molecule has 2 atom stereocenters. The average molecular weight is 290 g/mol. The van der Waals surface area contributed by atoms with Crippen LogP contribution in [0.5, 0.6) is 0 Å². The highest BCUT2D eigenvalue weighted by Gasteiger charge is 2.21. The lowest BCUT2D eigenvalue weighted by atomic mass is 10.2. The molecule has 1 unspecified atom stereocenters. The monoisotopic (exact) mass is 289 g/mol. The predicted molar refractivity (Wildman–Crippen MR) is 73.2 cm³/mol. The van der Waals surface area contributed by atoms with Crippen molar-refractivity contribution in [2.24, 2.45) is 0 Å². The molecular weight excluding hydrogens is 274 g/mol. The smallest absolute Gasteiger partial charge is 0.407 e. The molecule has 0 aromatic heterocycles. The van der Waals surface area contributed by atoms with E-state index in [0.29, 0.717) is 5.75 Å². The molecule has 0 saturated heterocycles. The second-order valence-corrected chi connectivity index (χ2v) is 4.99. The number of amides is 1. The van der Waals surface area contributed by atoms with Gasteiger partial charge in [0.2, 0.25) is 0 Å². The number of benzene rings is 1. The van der Waals surface area contributed by atoms with E-state index in [9.17, 15) is 9.90 Å². The first-order chi connectivity index (χ1) is 8.67. The Hall–Kier alpha value is -0.910. The van der Waals surface area contributed by atoms with E-state index < -0.39 is 18.2 Å². The van der Waals surface area contributed by atoms with Gasteiger partial charge in [-0.05, 0) is 12.1 Å². The van der Waals surface area contributed by atoms with E-state index in [2.05, 4.69) is 10.1 Å². The first-order valence-corrected chi connectivity index (χ1v) is 6.95. The Morgan fingerprint density at radius 2 is 2.17 bits per heavy atom. The number of ether oxygens (including phenoxy) is 1. The lowest BCUT2D eigenvalue weighted by Gasteiger charge is -2.21. The summed E-state index contributed by atoms with van der Waals surface area (Å²) in [5, 5.41) is 12.3. The SMILES string of the molecule is COC(=O)N[C@@H](CSc1ccccc1)C(O)CCl. The summed E-state index contributed by atoms with van der Waals surface area (Å²) in [4.78, 5) is 12.2. The molecule has 0 bridgehead atoms. The molecule has 0 aliphatic carbocycles. The highest BCUT2D eigenvalue weighted by Crippen LogP contribution is 2.19. The maximum atomic E-state index is 11.2. The van der Waals surface area contributed by atoms with Crippen LogP contribution in [0.15, 0.2) is 35.2 Å². The van der Waals surface area contributed by atoms with E-state index in [0.717, 1.165) is 4.90 Å². The summed E-state index contributed by atoms with van der Waals surface area (Å²) in [6.45, 7) is 0. The molecule has 1 amide bonds. The Labute approximate surface area is 116 Å². The van der Waals surface area contributed by atoms with Crippen molar-refractivity contribution >= 4 is 29.5 Å². The van der Waals surface area contributed by atoms with Gasteiger partial charge < -0.3 is 15.2 Å². The summed E-state index contributed by atoms with van der Waals surface area (Å²) in [6.07, 6.45) is -1.38. The van der Waals surface area contributed by atoms with E-state index >= 15 is 0 Å². The highest BCUT2D eigenvalue weighted by atomic mass is 35.5. The van der Waals surface area contributed by atoms with Crippen molar-refractivity contribution in [1.82, 2.24) is 5.32 Å². The summed E-state index contributed by atoms with van der Waals surface area (Å²) in [6, 6.07) is 9.29. The van der Waals surface area contributed by atoms with Gasteiger partial charge in [0.05, 0.1) is 25.1 Å². The van der Waals surface area contributed by atoms with Gasteiger partial charge in [0.1, 0.15) is 0 Å². The summed E-state index contributed by atoms with van der Waals surface area (Å²) < 4.78 is 4.51. The van der Waals surface area contributed by atoms with E-state index in [1.165, 1.54) is 18.9 Å². The van der Waals surface area contributed by atoms with Crippen molar-refractivity contribution in [1.29, 1.82) is 0 Å². The molecule has 2 N–H and O–H groups in total. The van der Waals surface area contributed by atoms with Crippen LogP contribution >= 0.6 is 23.4 Å². The van der Waals surface area contributed by atoms with Crippen LogP contribution in [0.25, 0.3) is 0 Å². The van der Waals surface area contributed by atoms with E-state index in [1.54, 1.807) is 0 Å². The minimum Gasteiger partial charge on any atom is -0.453 e. The third-order valence-electron chi connectivity index (χ3n) is 2.28. The van der Waals surface area contributed by atoms with Crippen LogP contribution in [0, 0.1) is 0 Å². The minimum atomic E-state index is -0.804. The number of aliphatic hydroxyl groups is 1. The normalized spacial score (nSPS) is 13.7. The molecule has 0 radical (unpaired) electrons. The molecule has 0 fully saturated rings. The Balaban J connectivity index is 2.53. The van der Waals surface area contributed by atoms with Crippen molar-refractivity contribution in [2.75, 3.05) is 18.7 Å². The van der Waals surface area contributed by atoms with Crippen LogP contribution in [0.3, 0.4) is 0 Å². The predicted octanol–water partition coefficient (Wildman–Crippen LogP) is 2.10. The van der Waals surface area contributed by atoms with Crippen molar-refractivity contribution < 1.29 is 14.6 Å². The summed E-state index contributed by atoms with van der Waals surface area (Å²) >= 11 is 7.14. The third kappa shape index (κ3) is 5.16. The molecule has 100 valence electrons. The van der Waals surface area contributed by atoms with Crippen LogP contribution in [0.1, 0.15) is 0 Å². The molecule has 1 aromatic rings. The molecule has 0 spiro atoms. The molecule has 18 heavy (non-hydrogen) atoms. The number of methoxy groups -OCH3 is 1.